The van der Waals surface area contributed by atoms with E-state index in [4.69, 9.17) is 0 Å². The van der Waals surface area contributed by atoms with Crippen LogP contribution < -0.4 is 10.1 Å². The topological polar surface area (TPSA) is 63.2 Å². The summed E-state index contributed by atoms with van der Waals surface area (Å²) >= 11 is 0. The van der Waals surface area contributed by atoms with E-state index in [0.717, 1.165) is 35.5 Å². The molecule has 0 spiro atoms. The number of benzene rings is 1. The third-order valence-corrected chi connectivity index (χ3v) is 5.66. The lowest BCUT2D eigenvalue weighted by Gasteiger charge is -2.26. The van der Waals surface area contributed by atoms with E-state index < -0.39 is 6.61 Å². The molecular formula is C24H27F2N5O. The number of nitrogens with one attached hydrogen (secondary N) is 1. The van der Waals surface area contributed by atoms with E-state index in [0.29, 0.717) is 5.95 Å². The van der Waals surface area contributed by atoms with Gasteiger partial charge in [-0.05, 0) is 68.6 Å². The highest BCUT2D eigenvalue weighted by Gasteiger charge is 2.11. The number of aromatic nitrogens is 3. The molecule has 32 heavy (non-hydrogen) atoms. The van der Waals surface area contributed by atoms with Crippen LogP contribution in [-0.4, -0.2) is 46.1 Å². The van der Waals surface area contributed by atoms with Gasteiger partial charge >= 0.3 is 6.61 Å². The van der Waals surface area contributed by atoms with E-state index in [-0.39, 0.29) is 5.75 Å². The average Bonchev–Trinajstić information content (AvgIpc) is 2.81. The number of alkyl halides is 2. The minimum atomic E-state index is -2.84. The van der Waals surface area contributed by atoms with Gasteiger partial charge in [0.25, 0.3) is 0 Å². The first-order chi connectivity index (χ1) is 15.6. The van der Waals surface area contributed by atoms with Crippen LogP contribution in [-0.2, 0) is 6.42 Å². The third kappa shape index (κ3) is 5.97. The fourth-order valence-corrected chi connectivity index (χ4v) is 3.86. The van der Waals surface area contributed by atoms with Gasteiger partial charge in [-0.25, -0.2) is 9.97 Å². The summed E-state index contributed by atoms with van der Waals surface area (Å²) < 4.78 is 29.0. The number of anilines is 2. The second-order valence-corrected chi connectivity index (χ2v) is 7.94. The van der Waals surface area contributed by atoms with Crippen molar-refractivity contribution in [3.8, 4) is 16.9 Å². The van der Waals surface area contributed by atoms with Gasteiger partial charge in [-0.15, -0.1) is 0 Å². The van der Waals surface area contributed by atoms with Crippen LogP contribution in [0.1, 0.15) is 30.5 Å². The van der Waals surface area contributed by atoms with Gasteiger partial charge in [0, 0.05) is 30.2 Å². The van der Waals surface area contributed by atoms with Crippen LogP contribution >= 0.6 is 0 Å². The summed E-state index contributed by atoms with van der Waals surface area (Å²) in [7, 11) is 0. The van der Waals surface area contributed by atoms with Crippen LogP contribution in [0.25, 0.3) is 11.1 Å². The Morgan fingerprint density at radius 1 is 0.969 bits per heavy atom. The van der Waals surface area contributed by atoms with Crippen LogP contribution in [0.3, 0.4) is 0 Å². The molecule has 3 heterocycles. The molecule has 0 aliphatic carbocycles. The number of nitrogens with zero attached hydrogens (tertiary/aromatic N) is 4. The number of pyridine rings is 1. The molecule has 0 amide bonds. The standard InChI is InChI=1S/C24H27F2N5O/c1-17-19(9-12-31-10-3-2-4-11-31)13-21(16-27-17)30-24-28-14-20(15-29-24)18-5-7-22(8-6-18)32-23(25)26/h5-8,13-16,23H,2-4,9-12H2,1H3,(H,28,29,30). The largest absolute Gasteiger partial charge is 0.435 e. The highest BCUT2D eigenvalue weighted by molar-refractivity contribution is 5.63. The molecule has 1 aromatic carbocycles. The molecule has 3 aromatic rings. The molecule has 6 nitrogen and oxygen atoms in total. The van der Waals surface area contributed by atoms with E-state index in [9.17, 15) is 8.78 Å². The Bertz CT molecular complexity index is 1010. The zero-order valence-electron chi connectivity index (χ0n) is 18.1. The lowest BCUT2D eigenvalue weighted by atomic mass is 10.1. The molecule has 1 saturated heterocycles. The Balaban J connectivity index is 1.38. The van der Waals surface area contributed by atoms with Crippen LogP contribution in [0.5, 0.6) is 5.75 Å². The summed E-state index contributed by atoms with van der Waals surface area (Å²) in [6.45, 7) is 2.63. The Morgan fingerprint density at radius 2 is 1.69 bits per heavy atom. The van der Waals surface area contributed by atoms with Crippen LogP contribution in [0, 0.1) is 6.92 Å². The number of hydrogen-bond acceptors (Lipinski definition) is 6. The molecule has 1 aliphatic rings. The first-order valence-corrected chi connectivity index (χ1v) is 10.9. The highest BCUT2D eigenvalue weighted by Crippen LogP contribution is 2.23. The van der Waals surface area contributed by atoms with Crippen molar-refractivity contribution in [3.05, 3.63) is 60.2 Å². The predicted octanol–water partition coefficient (Wildman–Crippen LogP) is 5.22. The molecule has 1 aliphatic heterocycles. The van der Waals surface area contributed by atoms with E-state index in [2.05, 4.69) is 36.0 Å². The maximum atomic E-state index is 12.3. The van der Waals surface area contributed by atoms with Gasteiger partial charge in [-0.2, -0.15) is 8.78 Å². The van der Waals surface area contributed by atoms with Gasteiger partial charge in [0.05, 0.1) is 11.9 Å². The van der Waals surface area contributed by atoms with Crippen molar-refractivity contribution in [2.45, 2.75) is 39.2 Å². The summed E-state index contributed by atoms with van der Waals surface area (Å²) in [6.07, 6.45) is 10.1. The molecule has 0 saturated carbocycles. The van der Waals surface area contributed by atoms with Gasteiger partial charge in [0.2, 0.25) is 5.95 Å². The summed E-state index contributed by atoms with van der Waals surface area (Å²) in [4.78, 5) is 15.8. The van der Waals surface area contributed by atoms with E-state index in [1.165, 1.54) is 50.0 Å². The van der Waals surface area contributed by atoms with Crippen molar-refractivity contribution in [1.29, 1.82) is 0 Å². The fraction of sp³-hybridized carbons (Fsp3) is 0.375. The molecule has 0 radical (unpaired) electrons. The molecule has 2 aromatic heterocycles. The van der Waals surface area contributed by atoms with E-state index in [1.54, 1.807) is 30.7 Å². The molecule has 1 N–H and O–H groups in total. The Hall–Kier alpha value is -3.13. The van der Waals surface area contributed by atoms with Crippen LogP contribution in [0.4, 0.5) is 20.4 Å². The number of halogens is 2. The molecule has 0 atom stereocenters. The Kier molecular flexibility index (Phi) is 7.21. The zero-order chi connectivity index (χ0) is 22.3. The van der Waals surface area contributed by atoms with E-state index in [1.807, 2.05) is 6.92 Å². The van der Waals surface area contributed by atoms with Crippen molar-refractivity contribution in [2.24, 2.45) is 0 Å². The van der Waals surface area contributed by atoms with Crippen molar-refractivity contribution in [3.63, 3.8) is 0 Å². The number of aryl methyl sites for hydroxylation is 1. The SMILES string of the molecule is Cc1ncc(Nc2ncc(-c3ccc(OC(F)F)cc3)cn2)cc1CCN1CCCCC1. The maximum Gasteiger partial charge on any atom is 0.387 e. The second kappa shape index (κ2) is 10.5. The molecular weight excluding hydrogens is 412 g/mol. The molecule has 0 bridgehead atoms. The average molecular weight is 440 g/mol. The quantitative estimate of drug-likeness (QED) is 0.519. The number of hydrogen-bond donors (Lipinski definition) is 1. The van der Waals surface area contributed by atoms with Gasteiger partial charge in [-0.3, -0.25) is 4.98 Å². The summed E-state index contributed by atoms with van der Waals surface area (Å²) in [5, 5.41) is 3.22. The monoisotopic (exact) mass is 439 g/mol. The Labute approximate surface area is 186 Å². The fourth-order valence-electron chi connectivity index (χ4n) is 3.86. The van der Waals surface area contributed by atoms with Gasteiger partial charge in [0.15, 0.2) is 0 Å². The summed E-state index contributed by atoms with van der Waals surface area (Å²) in [5.74, 6) is 0.588. The molecule has 4 rings (SSSR count). The minimum Gasteiger partial charge on any atom is -0.435 e. The first-order valence-electron chi connectivity index (χ1n) is 10.9. The van der Waals surface area contributed by atoms with Crippen molar-refractivity contribution < 1.29 is 13.5 Å². The van der Waals surface area contributed by atoms with Gasteiger partial charge in [-0.1, -0.05) is 18.6 Å². The number of likely N-dealkylation sites (tertiary alicyclic amines) is 1. The van der Waals surface area contributed by atoms with Gasteiger partial charge < -0.3 is 15.0 Å². The predicted molar refractivity (Wildman–Crippen MR) is 120 cm³/mol. The summed E-state index contributed by atoms with van der Waals surface area (Å²) in [5.41, 5.74) is 4.72. The Morgan fingerprint density at radius 3 is 2.38 bits per heavy atom. The molecule has 168 valence electrons. The number of piperidine rings is 1. The first kappa shape index (κ1) is 22.1. The van der Waals surface area contributed by atoms with Crippen LogP contribution in [0.15, 0.2) is 48.9 Å². The number of rotatable bonds is 8. The van der Waals surface area contributed by atoms with Crippen LogP contribution in [0.2, 0.25) is 0 Å². The maximum absolute atomic E-state index is 12.3. The highest BCUT2D eigenvalue weighted by atomic mass is 19.3. The molecule has 1 fully saturated rings. The molecule has 0 unspecified atom stereocenters. The smallest absolute Gasteiger partial charge is 0.387 e. The van der Waals surface area contributed by atoms with E-state index >= 15 is 0 Å². The minimum absolute atomic E-state index is 0.117. The van der Waals surface area contributed by atoms with Crippen molar-refractivity contribution in [2.75, 3.05) is 25.0 Å². The summed E-state index contributed by atoms with van der Waals surface area (Å²) in [6, 6.07) is 8.50. The lowest BCUT2D eigenvalue weighted by molar-refractivity contribution is -0.0498. The third-order valence-electron chi connectivity index (χ3n) is 5.66. The second-order valence-electron chi connectivity index (χ2n) is 7.94. The van der Waals surface area contributed by atoms with Crippen molar-refractivity contribution in [1.82, 2.24) is 19.9 Å². The van der Waals surface area contributed by atoms with Gasteiger partial charge in [0.1, 0.15) is 5.75 Å². The normalized spacial score (nSPS) is 14.5. The molecule has 8 heteroatoms. The zero-order valence-corrected chi connectivity index (χ0v) is 18.1. The van der Waals surface area contributed by atoms with Crippen molar-refractivity contribution >= 4 is 11.6 Å². The number of ether oxygens (including phenoxy) is 1. The lowest BCUT2D eigenvalue weighted by Crippen LogP contribution is -2.31.